The van der Waals surface area contributed by atoms with Gasteiger partial charge in [0.2, 0.25) is 0 Å². The molecule has 2 N–H and O–H groups in total. The van der Waals surface area contributed by atoms with Gasteiger partial charge in [0.25, 0.3) is 5.91 Å². The molecule has 1 fully saturated rings. The van der Waals surface area contributed by atoms with E-state index < -0.39 is 5.97 Å². The van der Waals surface area contributed by atoms with E-state index in [1.807, 2.05) is 4.68 Å². The fourth-order valence-electron chi connectivity index (χ4n) is 2.74. The number of benzene rings is 1. The van der Waals surface area contributed by atoms with Gasteiger partial charge < -0.3 is 10.4 Å². The van der Waals surface area contributed by atoms with E-state index in [2.05, 4.69) is 24.3 Å². The summed E-state index contributed by atoms with van der Waals surface area (Å²) >= 11 is 0. The molecule has 1 aromatic heterocycles. The number of hydrogen-bond donors (Lipinski definition) is 2. The largest absolute Gasteiger partial charge is 0.478 e. The molecule has 1 aliphatic carbocycles. The molecule has 1 amide bonds. The Morgan fingerprint density at radius 1 is 1.29 bits per heavy atom. The van der Waals surface area contributed by atoms with Gasteiger partial charge in [0.05, 0.1) is 23.0 Å². The highest BCUT2D eigenvalue weighted by molar-refractivity contribution is 6.05. The van der Waals surface area contributed by atoms with Crippen molar-refractivity contribution in [3.63, 3.8) is 0 Å². The van der Waals surface area contributed by atoms with Crippen LogP contribution >= 0.6 is 0 Å². The Morgan fingerprint density at radius 3 is 2.50 bits per heavy atom. The average Bonchev–Trinajstić information content (AvgIpc) is 3.28. The van der Waals surface area contributed by atoms with E-state index >= 15 is 0 Å². The molecule has 2 aromatic rings. The van der Waals surface area contributed by atoms with Gasteiger partial charge in [0.15, 0.2) is 0 Å². The number of nitrogens with zero attached hydrogens (tertiary/aromatic N) is 2. The summed E-state index contributed by atoms with van der Waals surface area (Å²) in [6.07, 6.45) is 3.83. The number of rotatable bonds is 6. The van der Waals surface area contributed by atoms with Crippen molar-refractivity contribution in [2.24, 2.45) is 5.92 Å². The SMILES string of the molecule is CC(C)Cn1ncc(C(=O)Nc2ccc(C(=O)O)cc2)c1C1CC1. The molecule has 0 radical (unpaired) electrons. The summed E-state index contributed by atoms with van der Waals surface area (Å²) < 4.78 is 1.95. The van der Waals surface area contributed by atoms with Crippen LogP contribution in [0.2, 0.25) is 0 Å². The van der Waals surface area contributed by atoms with Gasteiger partial charge in [-0.3, -0.25) is 9.48 Å². The van der Waals surface area contributed by atoms with Crippen molar-refractivity contribution < 1.29 is 14.7 Å². The number of carbonyl (C=O) groups is 2. The van der Waals surface area contributed by atoms with E-state index in [1.165, 1.54) is 12.1 Å². The number of carbonyl (C=O) groups excluding carboxylic acids is 1. The molecule has 126 valence electrons. The van der Waals surface area contributed by atoms with Crippen molar-refractivity contribution in [3.8, 4) is 0 Å². The Morgan fingerprint density at radius 2 is 1.96 bits per heavy atom. The lowest BCUT2D eigenvalue weighted by molar-refractivity contribution is 0.0696. The van der Waals surface area contributed by atoms with E-state index in [0.717, 1.165) is 25.1 Å². The molecule has 0 unspecified atom stereocenters. The zero-order valence-corrected chi connectivity index (χ0v) is 13.8. The van der Waals surface area contributed by atoms with Crippen LogP contribution in [0.15, 0.2) is 30.5 Å². The molecule has 1 heterocycles. The number of amides is 1. The normalized spacial score (nSPS) is 14.0. The molecule has 0 spiro atoms. The summed E-state index contributed by atoms with van der Waals surface area (Å²) in [6, 6.07) is 6.14. The van der Waals surface area contributed by atoms with Crippen molar-refractivity contribution >= 4 is 17.6 Å². The quantitative estimate of drug-likeness (QED) is 0.852. The first-order valence-electron chi connectivity index (χ1n) is 8.16. The van der Waals surface area contributed by atoms with Crippen molar-refractivity contribution in [1.82, 2.24) is 9.78 Å². The van der Waals surface area contributed by atoms with E-state index in [0.29, 0.717) is 23.1 Å². The first-order valence-corrected chi connectivity index (χ1v) is 8.16. The molecule has 1 aliphatic rings. The van der Waals surface area contributed by atoms with Crippen LogP contribution in [-0.2, 0) is 6.54 Å². The number of aromatic nitrogens is 2. The number of aromatic carboxylic acids is 1. The van der Waals surface area contributed by atoms with Crippen LogP contribution in [0.1, 0.15) is 59.0 Å². The summed E-state index contributed by atoms with van der Waals surface area (Å²) in [5.74, 6) is -0.308. The Balaban J connectivity index is 1.79. The molecule has 6 heteroatoms. The monoisotopic (exact) mass is 327 g/mol. The van der Waals surface area contributed by atoms with Gasteiger partial charge in [-0.05, 0) is 43.0 Å². The highest BCUT2D eigenvalue weighted by atomic mass is 16.4. The first-order chi connectivity index (χ1) is 11.5. The topological polar surface area (TPSA) is 84.2 Å². The van der Waals surface area contributed by atoms with Gasteiger partial charge in [-0.15, -0.1) is 0 Å². The number of carboxylic acids is 1. The Kier molecular flexibility index (Phi) is 4.38. The second kappa shape index (κ2) is 6.47. The van der Waals surface area contributed by atoms with E-state index in [-0.39, 0.29) is 11.5 Å². The Labute approximate surface area is 140 Å². The fraction of sp³-hybridized carbons (Fsp3) is 0.389. The minimum absolute atomic E-state index is 0.191. The lowest BCUT2D eigenvalue weighted by Gasteiger charge is -2.11. The van der Waals surface area contributed by atoms with Crippen LogP contribution in [0.3, 0.4) is 0 Å². The molecule has 0 aliphatic heterocycles. The third-order valence-electron chi connectivity index (χ3n) is 4.02. The number of anilines is 1. The predicted molar refractivity (Wildman–Crippen MR) is 90.4 cm³/mol. The van der Waals surface area contributed by atoms with Crippen LogP contribution in [0, 0.1) is 5.92 Å². The number of hydrogen-bond acceptors (Lipinski definition) is 3. The number of carboxylic acid groups (broad SMARTS) is 1. The van der Waals surface area contributed by atoms with Crippen LogP contribution in [0.4, 0.5) is 5.69 Å². The van der Waals surface area contributed by atoms with Gasteiger partial charge in [-0.1, -0.05) is 13.8 Å². The van der Waals surface area contributed by atoms with Gasteiger partial charge in [0.1, 0.15) is 0 Å². The lowest BCUT2D eigenvalue weighted by Crippen LogP contribution is -2.15. The van der Waals surface area contributed by atoms with Crippen molar-refractivity contribution in [2.75, 3.05) is 5.32 Å². The Hall–Kier alpha value is -2.63. The maximum absolute atomic E-state index is 12.6. The second-order valence-corrected chi connectivity index (χ2v) is 6.63. The van der Waals surface area contributed by atoms with Gasteiger partial charge in [-0.2, -0.15) is 5.10 Å². The zero-order chi connectivity index (χ0) is 17.3. The summed E-state index contributed by atoms with van der Waals surface area (Å²) in [7, 11) is 0. The summed E-state index contributed by atoms with van der Waals surface area (Å²) in [5, 5.41) is 16.1. The van der Waals surface area contributed by atoms with E-state index in [9.17, 15) is 9.59 Å². The predicted octanol–water partition coefficient (Wildman–Crippen LogP) is 3.37. The van der Waals surface area contributed by atoms with Crippen LogP contribution in [0.5, 0.6) is 0 Å². The second-order valence-electron chi connectivity index (χ2n) is 6.63. The summed E-state index contributed by atoms with van der Waals surface area (Å²) in [4.78, 5) is 23.5. The minimum atomic E-state index is -0.987. The van der Waals surface area contributed by atoms with E-state index in [4.69, 9.17) is 5.11 Å². The van der Waals surface area contributed by atoms with Crippen LogP contribution in [0.25, 0.3) is 0 Å². The third kappa shape index (κ3) is 3.48. The smallest absolute Gasteiger partial charge is 0.335 e. The van der Waals surface area contributed by atoms with Gasteiger partial charge >= 0.3 is 5.97 Å². The molecule has 0 atom stereocenters. The van der Waals surface area contributed by atoms with Crippen molar-refractivity contribution in [2.45, 2.75) is 39.2 Å². The van der Waals surface area contributed by atoms with Gasteiger partial charge in [0, 0.05) is 18.2 Å². The molecule has 1 aromatic carbocycles. The summed E-state index contributed by atoms with van der Waals surface area (Å²) in [6.45, 7) is 5.05. The molecular formula is C18H21N3O3. The molecule has 3 rings (SSSR count). The summed E-state index contributed by atoms with van der Waals surface area (Å²) in [5.41, 5.74) is 2.39. The first kappa shape index (κ1) is 16.2. The maximum Gasteiger partial charge on any atom is 0.335 e. The molecule has 0 bridgehead atoms. The van der Waals surface area contributed by atoms with Gasteiger partial charge in [-0.25, -0.2) is 4.79 Å². The minimum Gasteiger partial charge on any atom is -0.478 e. The van der Waals surface area contributed by atoms with Crippen LogP contribution in [-0.4, -0.2) is 26.8 Å². The highest BCUT2D eigenvalue weighted by Crippen LogP contribution is 2.42. The fourth-order valence-corrected chi connectivity index (χ4v) is 2.74. The molecule has 1 saturated carbocycles. The molecule has 24 heavy (non-hydrogen) atoms. The molecule has 0 saturated heterocycles. The standard InChI is InChI=1S/C18H21N3O3/c1-11(2)10-21-16(12-3-4-12)15(9-19-21)17(22)20-14-7-5-13(6-8-14)18(23)24/h5-9,11-12H,3-4,10H2,1-2H3,(H,20,22)(H,23,24). The van der Waals surface area contributed by atoms with Crippen LogP contribution < -0.4 is 5.32 Å². The number of nitrogens with one attached hydrogen (secondary N) is 1. The third-order valence-corrected chi connectivity index (χ3v) is 4.02. The maximum atomic E-state index is 12.6. The zero-order valence-electron chi connectivity index (χ0n) is 13.8. The van der Waals surface area contributed by atoms with Crippen molar-refractivity contribution in [1.29, 1.82) is 0 Å². The van der Waals surface area contributed by atoms with E-state index in [1.54, 1.807) is 18.3 Å². The highest BCUT2D eigenvalue weighted by Gasteiger charge is 2.32. The molecular weight excluding hydrogens is 306 g/mol. The lowest BCUT2D eigenvalue weighted by atomic mass is 10.1. The average molecular weight is 327 g/mol. The van der Waals surface area contributed by atoms with Crippen molar-refractivity contribution in [3.05, 3.63) is 47.3 Å². The Bertz CT molecular complexity index is 758. The molecule has 6 nitrogen and oxygen atoms in total.